The zero-order chi connectivity index (χ0) is 13.2. The number of ether oxygens (including phenoxy) is 1. The van der Waals surface area contributed by atoms with Crippen molar-refractivity contribution in [1.82, 2.24) is 0 Å². The molecule has 0 saturated carbocycles. The molecule has 6 nitrogen and oxygen atoms in total. The lowest BCUT2D eigenvalue weighted by Crippen LogP contribution is -2.09. The molecule has 0 aromatic heterocycles. The number of methoxy groups -OCH3 is 1. The molecule has 1 aromatic rings. The second kappa shape index (κ2) is 4.63. The normalized spacial score (nSPS) is 11.6. The molecule has 0 bridgehead atoms. The highest BCUT2D eigenvalue weighted by Crippen LogP contribution is 2.42. The fourth-order valence-electron chi connectivity index (χ4n) is 1.30. The predicted octanol–water partition coefficient (Wildman–Crippen LogP) is 0.257. The van der Waals surface area contributed by atoms with Gasteiger partial charge in [-0.15, -0.1) is 6.42 Å². The summed E-state index contributed by atoms with van der Waals surface area (Å²) in [6.07, 6.45) is 3.35. The van der Waals surface area contributed by atoms with Crippen LogP contribution in [-0.4, -0.2) is 33.5 Å². The van der Waals surface area contributed by atoms with Crippen molar-refractivity contribution in [2.24, 2.45) is 0 Å². The van der Waals surface area contributed by atoms with E-state index in [-0.39, 0.29) is 5.56 Å². The Bertz CT molecular complexity index is 500. The highest BCUT2D eigenvalue weighted by molar-refractivity contribution is 5.93. The standard InChI is InChI=1S/C11H10O6/c1-3-6(12)8-5(11(16)17-2)4-7(13)9(14)10(8)15/h1,4,6,12-15H,2H3. The van der Waals surface area contributed by atoms with E-state index in [2.05, 4.69) is 4.74 Å². The Kier molecular flexibility index (Phi) is 3.46. The van der Waals surface area contributed by atoms with E-state index in [1.807, 2.05) is 5.92 Å². The molecule has 0 saturated heterocycles. The highest BCUT2D eigenvalue weighted by Gasteiger charge is 2.25. The lowest BCUT2D eigenvalue weighted by atomic mass is 10.00. The van der Waals surface area contributed by atoms with Crippen LogP contribution in [0.25, 0.3) is 0 Å². The van der Waals surface area contributed by atoms with Gasteiger partial charge in [-0.2, -0.15) is 0 Å². The Morgan fingerprint density at radius 3 is 2.47 bits per heavy atom. The van der Waals surface area contributed by atoms with Crippen LogP contribution in [0.5, 0.6) is 17.2 Å². The topological polar surface area (TPSA) is 107 Å². The number of rotatable bonds is 2. The first kappa shape index (κ1) is 12.7. The number of phenolic OH excluding ortho intramolecular Hbond substituents is 3. The summed E-state index contributed by atoms with van der Waals surface area (Å²) in [4.78, 5) is 11.4. The van der Waals surface area contributed by atoms with Crippen molar-refractivity contribution in [3.8, 4) is 29.6 Å². The Morgan fingerprint density at radius 2 is 2.00 bits per heavy atom. The van der Waals surface area contributed by atoms with Gasteiger partial charge in [0.15, 0.2) is 11.5 Å². The Balaban J connectivity index is 3.59. The molecule has 0 aliphatic carbocycles. The maximum Gasteiger partial charge on any atom is 0.338 e. The van der Waals surface area contributed by atoms with Crippen LogP contribution in [0.3, 0.4) is 0 Å². The maximum atomic E-state index is 11.4. The van der Waals surface area contributed by atoms with Gasteiger partial charge in [0.05, 0.1) is 18.2 Å². The quantitative estimate of drug-likeness (QED) is 0.334. The number of benzene rings is 1. The zero-order valence-electron chi connectivity index (χ0n) is 8.84. The minimum atomic E-state index is -1.62. The monoisotopic (exact) mass is 238 g/mol. The van der Waals surface area contributed by atoms with E-state index >= 15 is 0 Å². The molecule has 0 radical (unpaired) electrons. The number of hydrogen-bond acceptors (Lipinski definition) is 6. The van der Waals surface area contributed by atoms with Crippen molar-refractivity contribution in [3.63, 3.8) is 0 Å². The summed E-state index contributed by atoms with van der Waals surface area (Å²) in [7, 11) is 1.08. The number of aliphatic hydroxyl groups excluding tert-OH is 1. The number of carbonyl (C=O) groups excluding carboxylic acids is 1. The van der Waals surface area contributed by atoms with Crippen LogP contribution >= 0.6 is 0 Å². The summed E-state index contributed by atoms with van der Waals surface area (Å²) in [5.41, 5.74) is -0.722. The van der Waals surface area contributed by atoms with Gasteiger partial charge in [-0.3, -0.25) is 0 Å². The fraction of sp³-hybridized carbons (Fsp3) is 0.182. The number of phenols is 3. The molecule has 1 unspecified atom stereocenters. The summed E-state index contributed by atoms with van der Waals surface area (Å²) in [5.74, 6) is -1.50. The van der Waals surface area contributed by atoms with Crippen molar-refractivity contribution < 1.29 is 30.0 Å². The van der Waals surface area contributed by atoms with Gasteiger partial charge in [0.1, 0.15) is 6.10 Å². The first-order valence-corrected chi connectivity index (χ1v) is 4.44. The summed E-state index contributed by atoms with van der Waals surface area (Å²) < 4.78 is 4.40. The van der Waals surface area contributed by atoms with Crippen molar-refractivity contribution in [1.29, 1.82) is 0 Å². The molecule has 0 aliphatic heterocycles. The Morgan fingerprint density at radius 1 is 1.41 bits per heavy atom. The molecule has 1 rings (SSSR count). The van der Waals surface area contributed by atoms with Gasteiger partial charge in [-0.1, -0.05) is 5.92 Å². The van der Waals surface area contributed by atoms with E-state index in [1.54, 1.807) is 0 Å². The summed E-state index contributed by atoms with van der Waals surface area (Å²) in [5, 5.41) is 37.5. The minimum absolute atomic E-state index is 0.328. The number of aliphatic hydroxyl groups is 1. The molecule has 0 aliphatic rings. The predicted molar refractivity (Wildman–Crippen MR) is 56.6 cm³/mol. The SMILES string of the molecule is C#CC(O)c1c(C(=O)OC)cc(O)c(O)c1O. The second-order valence-electron chi connectivity index (χ2n) is 3.11. The second-order valence-corrected chi connectivity index (χ2v) is 3.11. The summed E-state index contributed by atoms with van der Waals surface area (Å²) in [6, 6.07) is 0.844. The third kappa shape index (κ3) is 2.09. The van der Waals surface area contributed by atoms with Crippen molar-refractivity contribution in [3.05, 3.63) is 17.2 Å². The largest absolute Gasteiger partial charge is 0.504 e. The van der Waals surface area contributed by atoms with Gasteiger partial charge in [0.2, 0.25) is 5.75 Å². The van der Waals surface area contributed by atoms with Crippen molar-refractivity contribution in [2.45, 2.75) is 6.10 Å². The first-order chi connectivity index (χ1) is 7.93. The van der Waals surface area contributed by atoms with Gasteiger partial charge in [-0.25, -0.2) is 4.79 Å². The molecule has 0 spiro atoms. The van der Waals surface area contributed by atoms with Crippen LogP contribution in [0.4, 0.5) is 0 Å². The third-order valence-electron chi connectivity index (χ3n) is 2.13. The van der Waals surface area contributed by atoms with Crippen LogP contribution < -0.4 is 0 Å². The number of terminal acetylenes is 1. The molecular weight excluding hydrogens is 228 g/mol. The zero-order valence-corrected chi connectivity index (χ0v) is 8.84. The lowest BCUT2D eigenvalue weighted by molar-refractivity contribution is 0.0594. The van der Waals surface area contributed by atoms with E-state index in [4.69, 9.17) is 6.42 Å². The van der Waals surface area contributed by atoms with E-state index in [9.17, 15) is 25.2 Å². The van der Waals surface area contributed by atoms with Crippen LogP contribution in [0.2, 0.25) is 0 Å². The van der Waals surface area contributed by atoms with Gasteiger partial charge in [0, 0.05) is 0 Å². The van der Waals surface area contributed by atoms with Gasteiger partial charge < -0.3 is 25.2 Å². The Hall–Kier alpha value is -2.39. The fourth-order valence-corrected chi connectivity index (χ4v) is 1.30. The molecule has 17 heavy (non-hydrogen) atoms. The van der Waals surface area contributed by atoms with Crippen LogP contribution in [0.15, 0.2) is 6.07 Å². The number of carbonyl (C=O) groups is 1. The summed E-state index contributed by atoms with van der Waals surface area (Å²) >= 11 is 0. The molecule has 90 valence electrons. The molecule has 1 aromatic carbocycles. The van der Waals surface area contributed by atoms with Crippen LogP contribution in [0, 0.1) is 12.3 Å². The van der Waals surface area contributed by atoms with E-state index in [0.717, 1.165) is 13.2 Å². The van der Waals surface area contributed by atoms with Gasteiger partial charge in [0.25, 0.3) is 0 Å². The molecule has 0 fully saturated rings. The first-order valence-electron chi connectivity index (χ1n) is 4.44. The molecule has 0 heterocycles. The molecular formula is C11H10O6. The Labute approximate surface area is 96.7 Å². The minimum Gasteiger partial charge on any atom is -0.504 e. The third-order valence-corrected chi connectivity index (χ3v) is 2.13. The van der Waals surface area contributed by atoms with Gasteiger partial charge >= 0.3 is 5.97 Å². The maximum absolute atomic E-state index is 11.4. The lowest BCUT2D eigenvalue weighted by Gasteiger charge is -2.13. The van der Waals surface area contributed by atoms with Crippen LogP contribution in [0.1, 0.15) is 22.0 Å². The average molecular weight is 238 g/mol. The molecule has 6 heteroatoms. The number of hydrogen-bond donors (Lipinski definition) is 4. The molecule has 4 N–H and O–H groups in total. The number of esters is 1. The average Bonchev–Trinajstić information content (AvgIpc) is 2.33. The molecule has 0 amide bonds. The number of aromatic hydroxyl groups is 3. The summed E-state index contributed by atoms with van der Waals surface area (Å²) in [6.45, 7) is 0. The van der Waals surface area contributed by atoms with Gasteiger partial charge in [-0.05, 0) is 6.07 Å². The van der Waals surface area contributed by atoms with E-state index < -0.39 is 34.9 Å². The van der Waals surface area contributed by atoms with E-state index in [1.165, 1.54) is 0 Å². The molecule has 1 atom stereocenters. The van der Waals surface area contributed by atoms with Crippen LogP contribution in [-0.2, 0) is 4.74 Å². The van der Waals surface area contributed by atoms with E-state index in [0.29, 0.717) is 0 Å². The highest BCUT2D eigenvalue weighted by atomic mass is 16.5. The smallest absolute Gasteiger partial charge is 0.338 e. The van der Waals surface area contributed by atoms with Crippen molar-refractivity contribution >= 4 is 5.97 Å². The van der Waals surface area contributed by atoms with Crippen molar-refractivity contribution in [2.75, 3.05) is 7.11 Å².